The number of hydrogen-bond acceptors (Lipinski definition) is 3. The predicted octanol–water partition coefficient (Wildman–Crippen LogP) is 3.91. The van der Waals surface area contributed by atoms with E-state index < -0.39 is 0 Å². The monoisotopic (exact) mass is 377 g/mol. The number of anilines is 1. The molecule has 3 aliphatic carbocycles. The zero-order valence-corrected chi connectivity index (χ0v) is 16.8. The highest BCUT2D eigenvalue weighted by Crippen LogP contribution is 2.61. The van der Waals surface area contributed by atoms with E-state index in [4.69, 9.17) is 0 Å². The van der Waals surface area contributed by atoms with Crippen molar-refractivity contribution in [2.45, 2.75) is 46.0 Å². The largest absolute Gasteiger partial charge is 0.357 e. The molecule has 2 heterocycles. The van der Waals surface area contributed by atoms with Gasteiger partial charge in [0.25, 0.3) is 0 Å². The molecule has 0 spiro atoms. The Morgan fingerprint density at radius 1 is 1.23 bits per heavy atom. The molecule has 4 fully saturated rings. The van der Waals surface area contributed by atoms with E-state index >= 15 is 0 Å². The van der Waals surface area contributed by atoms with E-state index in [9.17, 15) is 4.79 Å². The number of nitrogens with zero attached hydrogens (tertiary/aromatic N) is 2. The lowest BCUT2D eigenvalue weighted by atomic mass is 9.45. The molecule has 3 atom stereocenters. The van der Waals surface area contributed by atoms with Gasteiger partial charge in [0.15, 0.2) is 0 Å². The van der Waals surface area contributed by atoms with E-state index in [1.165, 1.54) is 19.3 Å². The van der Waals surface area contributed by atoms with Gasteiger partial charge in [0.05, 0.1) is 0 Å². The molecule has 3 saturated carbocycles. The summed E-state index contributed by atoms with van der Waals surface area (Å²) in [5.41, 5.74) is 0.502. The Labute approximate surface area is 163 Å². The van der Waals surface area contributed by atoms with Crippen molar-refractivity contribution in [2.75, 3.05) is 24.5 Å². The van der Waals surface area contributed by atoms with Crippen molar-refractivity contribution in [1.82, 2.24) is 10.3 Å². The molecule has 1 saturated heterocycles. The van der Waals surface area contributed by atoms with Gasteiger partial charge in [-0.25, -0.2) is 4.98 Å². The minimum Gasteiger partial charge on any atom is -0.357 e. The number of carbonyl (C=O) groups excluding carboxylic acids is 1. The highest BCUT2D eigenvalue weighted by molar-refractivity contribution is 5.85. The first-order valence-electron chi connectivity index (χ1n) is 9.99. The molecule has 4 nitrogen and oxygen atoms in total. The third kappa shape index (κ3) is 3.58. The molecule has 0 aromatic carbocycles. The summed E-state index contributed by atoms with van der Waals surface area (Å²) >= 11 is 0. The number of pyridine rings is 1. The van der Waals surface area contributed by atoms with Crippen LogP contribution in [0, 0.1) is 29.1 Å². The smallest absolute Gasteiger partial charge is 0.223 e. The summed E-state index contributed by atoms with van der Waals surface area (Å²) in [7, 11) is 0. The van der Waals surface area contributed by atoms with Gasteiger partial charge in [0, 0.05) is 31.7 Å². The third-order valence-corrected chi connectivity index (χ3v) is 7.38. The van der Waals surface area contributed by atoms with Crippen LogP contribution in [0.25, 0.3) is 0 Å². The van der Waals surface area contributed by atoms with Gasteiger partial charge in [-0.2, -0.15) is 0 Å². The fraction of sp³-hybridized carbons (Fsp3) is 0.714. The van der Waals surface area contributed by atoms with Crippen LogP contribution in [-0.2, 0) is 4.79 Å². The summed E-state index contributed by atoms with van der Waals surface area (Å²) in [6.45, 7) is 7.59. The summed E-state index contributed by atoms with van der Waals surface area (Å²) in [5.74, 6) is 3.92. The van der Waals surface area contributed by atoms with Crippen molar-refractivity contribution in [3.63, 3.8) is 0 Å². The van der Waals surface area contributed by atoms with Crippen LogP contribution in [0.4, 0.5) is 5.82 Å². The highest BCUT2D eigenvalue weighted by Gasteiger charge is 2.53. The van der Waals surface area contributed by atoms with E-state index in [0.29, 0.717) is 11.3 Å². The fourth-order valence-electron chi connectivity index (χ4n) is 5.49. The first-order chi connectivity index (χ1) is 12.1. The lowest BCUT2D eigenvalue weighted by molar-refractivity contribution is -0.128. The zero-order valence-electron chi connectivity index (χ0n) is 16.0. The molecule has 0 radical (unpaired) electrons. The summed E-state index contributed by atoms with van der Waals surface area (Å²) in [4.78, 5) is 19.3. The van der Waals surface area contributed by atoms with Crippen molar-refractivity contribution >= 4 is 24.1 Å². The van der Waals surface area contributed by atoms with Crippen molar-refractivity contribution < 1.29 is 4.79 Å². The number of hydrogen-bond donors (Lipinski definition) is 1. The van der Waals surface area contributed by atoms with Gasteiger partial charge in [-0.15, -0.1) is 12.4 Å². The first kappa shape index (κ1) is 19.5. The van der Waals surface area contributed by atoms with Crippen LogP contribution < -0.4 is 10.2 Å². The molecular weight excluding hydrogens is 346 g/mol. The summed E-state index contributed by atoms with van der Waals surface area (Å²) in [6, 6.07) is 6.02. The quantitative estimate of drug-likeness (QED) is 0.865. The number of aromatic nitrogens is 1. The molecule has 1 aliphatic heterocycles. The Hall–Kier alpha value is -1.29. The standard InChI is InChI=1S/C21H31N3O.ClH/c1-21(2)17-7-6-16(18(21)13-17)14-23-20(25)15-8-11-24(12-9-15)19-5-3-4-10-22-19;/h3-5,10,15-18H,6-9,11-14H2,1-2H3,(H,23,25);1H/t16-,17+,18-;/m0./s1. The molecule has 26 heavy (non-hydrogen) atoms. The predicted molar refractivity (Wildman–Crippen MR) is 108 cm³/mol. The maximum Gasteiger partial charge on any atom is 0.223 e. The van der Waals surface area contributed by atoms with Crippen LogP contribution in [0.1, 0.15) is 46.0 Å². The topological polar surface area (TPSA) is 45.2 Å². The Kier molecular flexibility index (Phi) is 5.81. The number of carbonyl (C=O) groups is 1. The molecule has 144 valence electrons. The molecule has 1 aromatic heterocycles. The summed E-state index contributed by atoms with van der Waals surface area (Å²) in [5, 5.41) is 3.30. The Balaban J connectivity index is 0.00000196. The lowest BCUT2D eigenvalue weighted by Gasteiger charge is -2.60. The van der Waals surface area contributed by atoms with Crippen LogP contribution in [0.15, 0.2) is 24.4 Å². The fourth-order valence-corrected chi connectivity index (χ4v) is 5.49. The minimum absolute atomic E-state index is 0. The second-order valence-corrected chi connectivity index (χ2v) is 8.89. The van der Waals surface area contributed by atoms with Gasteiger partial charge in [-0.3, -0.25) is 4.79 Å². The molecule has 1 aromatic rings. The van der Waals surface area contributed by atoms with E-state index in [1.807, 2.05) is 18.3 Å². The Morgan fingerprint density at radius 2 is 2.00 bits per heavy atom. The van der Waals surface area contributed by atoms with E-state index in [1.54, 1.807) is 0 Å². The van der Waals surface area contributed by atoms with Crippen molar-refractivity contribution in [1.29, 1.82) is 0 Å². The average Bonchev–Trinajstić information content (AvgIpc) is 2.67. The van der Waals surface area contributed by atoms with Gasteiger partial charge in [0.1, 0.15) is 5.82 Å². The Bertz CT molecular complexity index is 611. The van der Waals surface area contributed by atoms with Gasteiger partial charge < -0.3 is 10.2 Å². The first-order valence-corrected chi connectivity index (χ1v) is 9.99. The summed E-state index contributed by atoms with van der Waals surface area (Å²) in [6.07, 6.45) is 7.75. The molecule has 0 unspecified atom stereocenters. The maximum atomic E-state index is 12.6. The number of amides is 1. The molecule has 1 amide bonds. The average molecular weight is 378 g/mol. The number of nitrogens with one attached hydrogen (secondary N) is 1. The number of fused-ring (bicyclic) bond motifs is 2. The van der Waals surface area contributed by atoms with Gasteiger partial charge in [-0.05, 0) is 67.4 Å². The van der Waals surface area contributed by atoms with Crippen LogP contribution in [-0.4, -0.2) is 30.5 Å². The SMILES string of the molecule is CC1(C)[C@@H]2CC[C@@H](CNC(=O)C3CCN(c4ccccn4)CC3)[C@@H]1C2.Cl. The van der Waals surface area contributed by atoms with Crippen LogP contribution >= 0.6 is 12.4 Å². The highest BCUT2D eigenvalue weighted by atomic mass is 35.5. The zero-order chi connectivity index (χ0) is 17.4. The molecule has 5 heteroatoms. The number of halogens is 1. The second-order valence-electron chi connectivity index (χ2n) is 8.89. The number of rotatable bonds is 4. The number of piperidine rings is 1. The van der Waals surface area contributed by atoms with E-state index in [0.717, 1.165) is 50.1 Å². The molecular formula is C21H32ClN3O. The van der Waals surface area contributed by atoms with E-state index in [2.05, 4.69) is 35.1 Å². The van der Waals surface area contributed by atoms with Crippen molar-refractivity contribution in [3.8, 4) is 0 Å². The molecule has 4 aliphatic rings. The van der Waals surface area contributed by atoms with Gasteiger partial charge in [0.2, 0.25) is 5.91 Å². The molecule has 1 N–H and O–H groups in total. The molecule has 2 bridgehead atoms. The third-order valence-electron chi connectivity index (χ3n) is 7.38. The maximum absolute atomic E-state index is 12.6. The Morgan fingerprint density at radius 3 is 2.62 bits per heavy atom. The van der Waals surface area contributed by atoms with Gasteiger partial charge >= 0.3 is 0 Å². The summed E-state index contributed by atoms with van der Waals surface area (Å²) < 4.78 is 0. The second kappa shape index (κ2) is 7.75. The van der Waals surface area contributed by atoms with Gasteiger partial charge in [-0.1, -0.05) is 19.9 Å². The van der Waals surface area contributed by atoms with Crippen LogP contribution in [0.3, 0.4) is 0 Å². The van der Waals surface area contributed by atoms with Crippen LogP contribution in [0.5, 0.6) is 0 Å². The molecule has 5 rings (SSSR count). The van der Waals surface area contributed by atoms with Crippen LogP contribution in [0.2, 0.25) is 0 Å². The van der Waals surface area contributed by atoms with E-state index in [-0.39, 0.29) is 24.2 Å². The minimum atomic E-state index is 0. The van der Waals surface area contributed by atoms with Crippen molar-refractivity contribution in [2.24, 2.45) is 29.1 Å². The lowest BCUT2D eigenvalue weighted by Crippen LogP contribution is -2.55. The normalized spacial score (nSPS) is 30.1. The van der Waals surface area contributed by atoms with Crippen molar-refractivity contribution in [3.05, 3.63) is 24.4 Å².